The Bertz CT molecular complexity index is 574. The average molecular weight is 289 g/mol. The maximum Gasteiger partial charge on any atom is 0.299 e. The molecular formula is C6H5ClO7S2. The van der Waals surface area contributed by atoms with Crippen LogP contribution >= 0.6 is 11.6 Å². The Kier molecular flexibility index (Phi) is 3.18. The fourth-order valence-electron chi connectivity index (χ4n) is 1.02. The Hall–Kier alpha value is -0.870. The van der Waals surface area contributed by atoms with Gasteiger partial charge in [0.25, 0.3) is 20.2 Å². The molecule has 3 N–H and O–H groups in total. The largest absolute Gasteiger partial charge is 0.506 e. The summed E-state index contributed by atoms with van der Waals surface area (Å²) in [5.41, 5.74) is 0. The first-order valence-corrected chi connectivity index (χ1v) is 6.77. The Morgan fingerprint density at radius 3 is 1.69 bits per heavy atom. The van der Waals surface area contributed by atoms with Crippen molar-refractivity contribution in [3.8, 4) is 5.75 Å². The van der Waals surface area contributed by atoms with Crippen molar-refractivity contribution in [2.45, 2.75) is 9.79 Å². The molecular weight excluding hydrogens is 284 g/mol. The normalized spacial score (nSPS) is 12.7. The van der Waals surface area contributed by atoms with Gasteiger partial charge in [0.1, 0.15) is 10.6 Å². The van der Waals surface area contributed by atoms with Crippen molar-refractivity contribution in [3.63, 3.8) is 0 Å². The lowest BCUT2D eigenvalue weighted by Crippen LogP contribution is -2.09. The van der Waals surface area contributed by atoms with Gasteiger partial charge in [-0.2, -0.15) is 16.8 Å². The number of phenols is 1. The van der Waals surface area contributed by atoms with E-state index in [2.05, 4.69) is 0 Å². The van der Waals surface area contributed by atoms with E-state index >= 15 is 0 Å². The van der Waals surface area contributed by atoms with Gasteiger partial charge in [-0.25, -0.2) is 0 Å². The Balaban J connectivity index is 3.93. The molecule has 1 aromatic carbocycles. The molecule has 0 fully saturated rings. The molecule has 0 aliphatic heterocycles. The fourth-order valence-corrected chi connectivity index (χ4v) is 3.49. The number of halogens is 1. The molecule has 0 heterocycles. The van der Waals surface area contributed by atoms with Gasteiger partial charge in [-0.15, -0.1) is 0 Å². The molecule has 16 heavy (non-hydrogen) atoms. The third-order valence-corrected chi connectivity index (χ3v) is 3.98. The molecule has 0 spiro atoms. The Morgan fingerprint density at radius 2 is 1.38 bits per heavy atom. The van der Waals surface area contributed by atoms with Gasteiger partial charge < -0.3 is 5.11 Å². The van der Waals surface area contributed by atoms with Crippen LogP contribution < -0.4 is 0 Å². The highest BCUT2D eigenvalue weighted by molar-refractivity contribution is 7.89. The summed E-state index contributed by atoms with van der Waals surface area (Å²) in [4.78, 5) is -2.63. The number of hydrogen-bond acceptors (Lipinski definition) is 5. The van der Waals surface area contributed by atoms with Crippen LogP contribution in [0.2, 0.25) is 5.02 Å². The summed E-state index contributed by atoms with van der Waals surface area (Å²) in [5.74, 6) is -1.04. The van der Waals surface area contributed by atoms with Crippen LogP contribution in [0.3, 0.4) is 0 Å². The minimum atomic E-state index is -5.04. The monoisotopic (exact) mass is 288 g/mol. The molecule has 0 amide bonds. The summed E-state index contributed by atoms with van der Waals surface area (Å²) in [5, 5.41) is 8.50. The zero-order valence-corrected chi connectivity index (χ0v) is 9.71. The van der Waals surface area contributed by atoms with Gasteiger partial charge in [-0.05, 0) is 12.1 Å². The van der Waals surface area contributed by atoms with Crippen LogP contribution in [0.15, 0.2) is 21.9 Å². The van der Waals surface area contributed by atoms with Crippen LogP contribution in [-0.4, -0.2) is 31.0 Å². The predicted molar refractivity (Wildman–Crippen MR) is 52.7 cm³/mol. The summed E-state index contributed by atoms with van der Waals surface area (Å²) >= 11 is 5.37. The standard InChI is InChI=1S/C6H5ClO7S2/c7-3-1-2-4(8)6(16(12,13)14)5(3)15(9,10)11/h1-2,8H,(H,9,10,11)(H,12,13,14). The van der Waals surface area contributed by atoms with Crippen molar-refractivity contribution < 1.29 is 31.0 Å². The molecule has 1 rings (SSSR count). The molecule has 1 aromatic rings. The van der Waals surface area contributed by atoms with E-state index in [1.54, 1.807) is 0 Å². The zero-order chi connectivity index (χ0) is 12.7. The lowest BCUT2D eigenvalue weighted by Gasteiger charge is -2.07. The Morgan fingerprint density at radius 1 is 0.938 bits per heavy atom. The predicted octanol–water partition coefficient (Wildman–Crippen LogP) is 0.539. The van der Waals surface area contributed by atoms with Gasteiger partial charge in [0.2, 0.25) is 0 Å². The van der Waals surface area contributed by atoms with E-state index < -0.39 is 40.8 Å². The van der Waals surface area contributed by atoms with Crippen molar-refractivity contribution in [3.05, 3.63) is 17.2 Å². The number of phenolic OH excluding ortho intramolecular Hbond substituents is 1. The minimum absolute atomic E-state index is 0.645. The van der Waals surface area contributed by atoms with Crippen molar-refractivity contribution in [2.75, 3.05) is 0 Å². The second kappa shape index (κ2) is 3.86. The summed E-state index contributed by atoms with van der Waals surface area (Å²) < 4.78 is 60.8. The van der Waals surface area contributed by atoms with E-state index in [0.717, 1.165) is 12.1 Å². The van der Waals surface area contributed by atoms with Crippen LogP contribution in [0.25, 0.3) is 0 Å². The number of aromatic hydroxyl groups is 1. The maximum atomic E-state index is 10.9. The number of benzene rings is 1. The number of rotatable bonds is 2. The third-order valence-electron chi connectivity index (χ3n) is 1.56. The van der Waals surface area contributed by atoms with E-state index in [4.69, 9.17) is 25.8 Å². The first-order chi connectivity index (χ1) is 7.05. The highest BCUT2D eigenvalue weighted by Gasteiger charge is 2.30. The molecule has 0 saturated carbocycles. The molecule has 0 aliphatic carbocycles. The average Bonchev–Trinajstić information content (AvgIpc) is 2.04. The second-order valence-electron chi connectivity index (χ2n) is 2.67. The summed E-state index contributed by atoms with van der Waals surface area (Å²) in [7, 11) is -10.0. The van der Waals surface area contributed by atoms with Gasteiger partial charge in [0, 0.05) is 0 Å². The van der Waals surface area contributed by atoms with E-state index in [1.807, 2.05) is 0 Å². The SMILES string of the molecule is O=S(=O)(O)c1c(O)ccc(Cl)c1S(=O)(=O)O. The molecule has 0 radical (unpaired) electrons. The van der Waals surface area contributed by atoms with Crippen LogP contribution in [0.5, 0.6) is 5.75 Å². The lowest BCUT2D eigenvalue weighted by molar-refractivity contribution is 0.431. The maximum absolute atomic E-state index is 10.9. The quantitative estimate of drug-likeness (QED) is 0.677. The molecule has 10 heteroatoms. The first kappa shape index (κ1) is 13.2. The van der Waals surface area contributed by atoms with Crippen molar-refractivity contribution in [1.82, 2.24) is 0 Å². The van der Waals surface area contributed by atoms with Crippen LogP contribution in [-0.2, 0) is 20.2 Å². The van der Waals surface area contributed by atoms with Crippen molar-refractivity contribution in [2.24, 2.45) is 0 Å². The molecule has 0 bridgehead atoms. The van der Waals surface area contributed by atoms with Gasteiger partial charge in [0.05, 0.1) is 5.02 Å². The molecule has 0 aliphatic rings. The summed E-state index contributed by atoms with van der Waals surface area (Å²) in [6, 6.07) is 1.62. The lowest BCUT2D eigenvalue weighted by atomic mass is 10.3. The zero-order valence-electron chi connectivity index (χ0n) is 7.32. The van der Waals surface area contributed by atoms with Crippen LogP contribution in [0.1, 0.15) is 0 Å². The molecule has 0 aromatic heterocycles. The molecule has 7 nitrogen and oxygen atoms in total. The van der Waals surface area contributed by atoms with Gasteiger partial charge in [-0.1, -0.05) is 11.6 Å². The third kappa shape index (κ3) is 2.44. The van der Waals surface area contributed by atoms with Crippen LogP contribution in [0, 0.1) is 0 Å². The van der Waals surface area contributed by atoms with E-state index in [0.29, 0.717) is 0 Å². The highest BCUT2D eigenvalue weighted by atomic mass is 35.5. The van der Waals surface area contributed by atoms with E-state index in [9.17, 15) is 16.8 Å². The van der Waals surface area contributed by atoms with Crippen molar-refractivity contribution in [1.29, 1.82) is 0 Å². The topological polar surface area (TPSA) is 129 Å². The van der Waals surface area contributed by atoms with E-state index in [-0.39, 0.29) is 0 Å². The van der Waals surface area contributed by atoms with Gasteiger partial charge in [-0.3, -0.25) is 9.11 Å². The number of hydrogen-bond donors (Lipinski definition) is 3. The smallest absolute Gasteiger partial charge is 0.299 e. The highest BCUT2D eigenvalue weighted by Crippen LogP contribution is 2.34. The molecule has 0 saturated heterocycles. The molecule has 0 atom stereocenters. The second-order valence-corrected chi connectivity index (χ2v) is 5.80. The van der Waals surface area contributed by atoms with Gasteiger partial charge in [0.15, 0.2) is 4.90 Å². The Labute approximate surface area is 95.8 Å². The minimum Gasteiger partial charge on any atom is -0.506 e. The van der Waals surface area contributed by atoms with Crippen LogP contribution in [0.4, 0.5) is 0 Å². The first-order valence-electron chi connectivity index (χ1n) is 3.51. The van der Waals surface area contributed by atoms with E-state index in [1.165, 1.54) is 0 Å². The molecule has 0 unspecified atom stereocenters. The molecule has 90 valence electrons. The summed E-state index contributed by atoms with van der Waals surface area (Å²) in [6.45, 7) is 0. The van der Waals surface area contributed by atoms with Crippen molar-refractivity contribution >= 4 is 31.8 Å². The van der Waals surface area contributed by atoms with Gasteiger partial charge >= 0.3 is 0 Å². The summed E-state index contributed by atoms with van der Waals surface area (Å²) in [6.07, 6.45) is 0. The fraction of sp³-hybridized carbons (Fsp3) is 0.